The van der Waals surface area contributed by atoms with E-state index in [0.717, 1.165) is 0 Å². The number of nitrogens with zero attached hydrogens (tertiary/aromatic N) is 1. The van der Waals surface area contributed by atoms with Crippen molar-refractivity contribution in [3.63, 3.8) is 0 Å². The van der Waals surface area contributed by atoms with E-state index >= 15 is 0 Å². The topological polar surface area (TPSA) is 97.2 Å². The van der Waals surface area contributed by atoms with Gasteiger partial charge in [-0.25, -0.2) is 4.83 Å². The molecule has 0 saturated heterocycles. The molecule has 2 rings (SSSR count). The fraction of sp³-hybridized carbons (Fsp3) is 0.235. The molecule has 0 radical (unpaired) electrons. The molecule has 134 valence electrons. The summed E-state index contributed by atoms with van der Waals surface area (Å²) in [6.45, 7) is 3.77. The zero-order valence-electron chi connectivity index (χ0n) is 14.1. The number of phenolic OH excluding ortho intramolecular Hbond substituents is 1. The lowest BCUT2D eigenvalue weighted by atomic mass is 10.2. The Bertz CT molecular complexity index is 846. The Morgan fingerprint density at radius 3 is 2.40 bits per heavy atom. The Labute approximate surface area is 147 Å². The molecule has 0 aliphatic heterocycles. The largest absolute Gasteiger partial charge is 0.504 e. The highest BCUT2D eigenvalue weighted by atomic mass is 32.2. The number of aromatic hydroxyl groups is 1. The molecule has 0 unspecified atom stereocenters. The Morgan fingerprint density at radius 1 is 1.16 bits per heavy atom. The van der Waals surface area contributed by atoms with Crippen molar-refractivity contribution in [2.45, 2.75) is 24.8 Å². The molecule has 0 spiro atoms. The van der Waals surface area contributed by atoms with E-state index in [0.29, 0.717) is 17.1 Å². The minimum Gasteiger partial charge on any atom is -0.504 e. The summed E-state index contributed by atoms with van der Waals surface area (Å²) in [6, 6.07) is 10.6. The lowest BCUT2D eigenvalue weighted by Gasteiger charge is -2.10. The average Bonchev–Trinajstić information content (AvgIpc) is 2.55. The molecule has 2 aromatic rings. The van der Waals surface area contributed by atoms with Gasteiger partial charge in [0.1, 0.15) is 5.75 Å². The SMILES string of the molecule is COc1ccc(/C=N/NS(=O)(=O)c2ccc(OC(C)C)cc2)cc1O. The van der Waals surface area contributed by atoms with Crippen LogP contribution in [0.25, 0.3) is 0 Å². The molecule has 2 N–H and O–H groups in total. The van der Waals surface area contributed by atoms with Crippen molar-refractivity contribution in [2.24, 2.45) is 5.10 Å². The molecule has 0 bridgehead atoms. The Balaban J connectivity index is 2.07. The lowest BCUT2D eigenvalue weighted by Crippen LogP contribution is -2.18. The number of hydrogen-bond donors (Lipinski definition) is 2. The van der Waals surface area contributed by atoms with E-state index in [1.807, 2.05) is 13.8 Å². The van der Waals surface area contributed by atoms with Crippen LogP contribution in [0, 0.1) is 0 Å². The van der Waals surface area contributed by atoms with Crippen LogP contribution in [0.15, 0.2) is 52.5 Å². The summed E-state index contributed by atoms with van der Waals surface area (Å²) in [5.41, 5.74) is 0.515. The molecular formula is C17H20N2O5S. The molecule has 0 heterocycles. The van der Waals surface area contributed by atoms with Crippen LogP contribution >= 0.6 is 0 Å². The summed E-state index contributed by atoms with van der Waals surface area (Å²) in [4.78, 5) is 2.19. The normalized spacial score (nSPS) is 11.7. The summed E-state index contributed by atoms with van der Waals surface area (Å²) >= 11 is 0. The van der Waals surface area contributed by atoms with Crippen molar-refractivity contribution in [1.29, 1.82) is 0 Å². The maximum atomic E-state index is 12.2. The van der Waals surface area contributed by atoms with Gasteiger partial charge in [0.25, 0.3) is 10.0 Å². The fourth-order valence-corrected chi connectivity index (χ4v) is 2.77. The number of methoxy groups -OCH3 is 1. The molecule has 0 aliphatic rings. The van der Waals surface area contributed by atoms with Gasteiger partial charge in [0.2, 0.25) is 0 Å². The van der Waals surface area contributed by atoms with Crippen LogP contribution in [-0.2, 0) is 10.0 Å². The van der Waals surface area contributed by atoms with Gasteiger partial charge in [-0.1, -0.05) is 0 Å². The summed E-state index contributed by atoms with van der Waals surface area (Å²) in [7, 11) is -2.35. The minimum atomic E-state index is -3.79. The first-order valence-corrected chi connectivity index (χ1v) is 8.99. The third kappa shape index (κ3) is 5.12. The van der Waals surface area contributed by atoms with Gasteiger partial charge in [-0.05, 0) is 61.9 Å². The van der Waals surface area contributed by atoms with Gasteiger partial charge < -0.3 is 14.6 Å². The van der Waals surface area contributed by atoms with Gasteiger partial charge in [0.05, 0.1) is 24.3 Å². The van der Waals surface area contributed by atoms with E-state index in [2.05, 4.69) is 9.93 Å². The van der Waals surface area contributed by atoms with Crippen molar-refractivity contribution in [3.8, 4) is 17.2 Å². The summed E-state index contributed by atoms with van der Waals surface area (Å²) in [5.74, 6) is 0.850. The maximum absolute atomic E-state index is 12.2. The van der Waals surface area contributed by atoms with Crippen LogP contribution in [0.1, 0.15) is 19.4 Å². The van der Waals surface area contributed by atoms with Gasteiger partial charge in [-0.15, -0.1) is 0 Å². The van der Waals surface area contributed by atoms with Crippen LogP contribution in [0.3, 0.4) is 0 Å². The lowest BCUT2D eigenvalue weighted by molar-refractivity contribution is 0.242. The second kappa shape index (κ2) is 7.89. The van der Waals surface area contributed by atoms with Gasteiger partial charge in [-0.2, -0.15) is 13.5 Å². The molecular weight excluding hydrogens is 344 g/mol. The first kappa shape index (κ1) is 18.6. The number of rotatable bonds is 7. The molecule has 0 saturated carbocycles. The standard InChI is InChI=1S/C17H20N2O5S/c1-12(2)24-14-5-7-15(8-6-14)25(21,22)19-18-11-13-4-9-17(23-3)16(20)10-13/h4-12,19-20H,1-3H3/b18-11+. The van der Waals surface area contributed by atoms with Crippen molar-refractivity contribution in [3.05, 3.63) is 48.0 Å². The first-order chi connectivity index (χ1) is 11.8. The Kier molecular flexibility index (Phi) is 5.87. The second-order valence-corrected chi connectivity index (χ2v) is 7.08. The van der Waals surface area contributed by atoms with Crippen LogP contribution in [0.4, 0.5) is 0 Å². The molecule has 7 nitrogen and oxygen atoms in total. The molecule has 0 fully saturated rings. The average molecular weight is 364 g/mol. The van der Waals surface area contributed by atoms with E-state index < -0.39 is 10.0 Å². The highest BCUT2D eigenvalue weighted by Crippen LogP contribution is 2.25. The van der Waals surface area contributed by atoms with Crippen LogP contribution < -0.4 is 14.3 Å². The number of hydrogen-bond acceptors (Lipinski definition) is 6. The van der Waals surface area contributed by atoms with Crippen molar-refractivity contribution < 1.29 is 23.0 Å². The van der Waals surface area contributed by atoms with E-state index in [1.165, 1.54) is 31.5 Å². The van der Waals surface area contributed by atoms with Crippen molar-refractivity contribution >= 4 is 16.2 Å². The van der Waals surface area contributed by atoms with E-state index in [1.54, 1.807) is 24.3 Å². The molecule has 25 heavy (non-hydrogen) atoms. The van der Waals surface area contributed by atoms with E-state index in [-0.39, 0.29) is 16.7 Å². The van der Waals surface area contributed by atoms with Crippen LogP contribution in [-0.4, -0.2) is 33.0 Å². The third-order valence-electron chi connectivity index (χ3n) is 3.10. The predicted octanol–water partition coefficient (Wildman–Crippen LogP) is 2.50. The molecule has 0 aromatic heterocycles. The van der Waals surface area contributed by atoms with Crippen molar-refractivity contribution in [1.82, 2.24) is 4.83 Å². The highest BCUT2D eigenvalue weighted by molar-refractivity contribution is 7.89. The number of sulfonamides is 1. The number of nitrogens with one attached hydrogen (secondary N) is 1. The smallest absolute Gasteiger partial charge is 0.276 e. The number of ether oxygens (including phenoxy) is 2. The van der Waals surface area contributed by atoms with Crippen LogP contribution in [0.5, 0.6) is 17.2 Å². The van der Waals surface area contributed by atoms with Gasteiger partial charge >= 0.3 is 0 Å². The van der Waals surface area contributed by atoms with Gasteiger partial charge in [-0.3, -0.25) is 0 Å². The quantitative estimate of drug-likeness (QED) is 0.581. The summed E-state index contributed by atoms with van der Waals surface area (Å²) in [6.07, 6.45) is 1.29. The molecule has 8 heteroatoms. The Hall–Kier alpha value is -2.74. The molecule has 0 atom stereocenters. The number of benzene rings is 2. The monoisotopic (exact) mass is 364 g/mol. The predicted molar refractivity (Wildman–Crippen MR) is 94.8 cm³/mol. The first-order valence-electron chi connectivity index (χ1n) is 7.50. The molecule has 0 amide bonds. The highest BCUT2D eigenvalue weighted by Gasteiger charge is 2.13. The van der Waals surface area contributed by atoms with E-state index in [9.17, 15) is 13.5 Å². The minimum absolute atomic E-state index is 0.00564. The molecule has 0 aliphatic carbocycles. The number of hydrazone groups is 1. The maximum Gasteiger partial charge on any atom is 0.276 e. The van der Waals surface area contributed by atoms with E-state index in [4.69, 9.17) is 9.47 Å². The van der Waals surface area contributed by atoms with Gasteiger partial charge in [0.15, 0.2) is 11.5 Å². The van der Waals surface area contributed by atoms with Crippen molar-refractivity contribution in [2.75, 3.05) is 7.11 Å². The third-order valence-corrected chi connectivity index (χ3v) is 4.33. The summed E-state index contributed by atoms with van der Waals surface area (Å²) in [5, 5.41) is 13.4. The second-order valence-electron chi connectivity index (χ2n) is 5.42. The number of phenols is 1. The zero-order valence-corrected chi connectivity index (χ0v) is 14.9. The van der Waals surface area contributed by atoms with Crippen LogP contribution in [0.2, 0.25) is 0 Å². The Morgan fingerprint density at radius 2 is 1.84 bits per heavy atom. The fourth-order valence-electron chi connectivity index (χ4n) is 1.98. The summed E-state index contributed by atoms with van der Waals surface area (Å²) < 4.78 is 34.8. The zero-order chi connectivity index (χ0) is 18.4. The molecule has 2 aromatic carbocycles. The van der Waals surface area contributed by atoms with Gasteiger partial charge in [0, 0.05) is 0 Å².